The minimum atomic E-state index is 0.187. The first-order valence-electron chi connectivity index (χ1n) is 8.54. The molecule has 0 aromatic heterocycles. The van der Waals surface area contributed by atoms with Crippen LogP contribution in [0, 0.1) is 0 Å². The summed E-state index contributed by atoms with van der Waals surface area (Å²) < 4.78 is 0. The van der Waals surface area contributed by atoms with E-state index in [2.05, 4.69) is 13.8 Å². The van der Waals surface area contributed by atoms with Gasteiger partial charge in [0.15, 0.2) is 5.78 Å². The Morgan fingerprint density at radius 2 is 1.21 bits per heavy atom. The van der Waals surface area contributed by atoms with Crippen molar-refractivity contribution < 1.29 is 9.69 Å². The minimum absolute atomic E-state index is 0.187. The van der Waals surface area contributed by atoms with Crippen LogP contribution in [0.2, 0.25) is 0 Å². The third-order valence-electron chi connectivity index (χ3n) is 4.52. The fourth-order valence-corrected chi connectivity index (χ4v) is 3.06. The molecule has 2 aromatic carbocycles. The molecule has 0 unspecified atom stereocenters. The van der Waals surface area contributed by atoms with Crippen LogP contribution in [0.3, 0.4) is 0 Å². The Kier molecular flexibility index (Phi) is 5.07. The molecule has 24 heavy (non-hydrogen) atoms. The average molecular weight is 318 g/mol. The fraction of sp³-hybridized carbons (Fsp3) is 0.227. The Morgan fingerprint density at radius 3 is 1.58 bits per heavy atom. The number of Topliss-reactive ketones (excluding diaryl/α,β-unsaturated/α-hetero) is 1. The summed E-state index contributed by atoms with van der Waals surface area (Å²) in [7, 11) is 0. The van der Waals surface area contributed by atoms with Crippen LogP contribution in [0.1, 0.15) is 25.0 Å². The molecule has 0 amide bonds. The Morgan fingerprint density at radius 1 is 0.792 bits per heavy atom. The number of hydrogen-bond acceptors (Lipinski definition) is 1. The zero-order valence-corrected chi connectivity index (χ0v) is 14.3. The second-order valence-corrected chi connectivity index (χ2v) is 6.66. The number of carbonyl (C=O) groups is 1. The van der Waals surface area contributed by atoms with Gasteiger partial charge in [0.1, 0.15) is 13.1 Å². The lowest BCUT2D eigenvalue weighted by Gasteiger charge is -2.29. The predicted molar refractivity (Wildman–Crippen MR) is 99.7 cm³/mol. The molecule has 1 fully saturated rings. The molecular formula is C22H24NO+. The number of likely N-dealkylation sites (tertiary alicyclic amines) is 1. The summed E-state index contributed by atoms with van der Waals surface area (Å²) in [6, 6.07) is 20.7. The average Bonchev–Trinajstić information content (AvgIpc) is 2.60. The minimum Gasteiger partial charge on any atom is -0.325 e. The fourth-order valence-electron chi connectivity index (χ4n) is 3.06. The number of carbonyl (C=O) groups excluding carboxylic acids is 1. The zero-order chi connectivity index (χ0) is 16.9. The summed E-state index contributed by atoms with van der Waals surface area (Å²) in [5.41, 5.74) is 3.98. The van der Waals surface area contributed by atoms with Gasteiger partial charge in [-0.25, -0.2) is 0 Å². The van der Waals surface area contributed by atoms with Gasteiger partial charge in [-0.15, -0.1) is 0 Å². The maximum absolute atomic E-state index is 13.0. The van der Waals surface area contributed by atoms with Crippen LogP contribution in [-0.2, 0) is 4.79 Å². The van der Waals surface area contributed by atoms with E-state index in [1.807, 2.05) is 72.8 Å². The van der Waals surface area contributed by atoms with Crippen LogP contribution in [-0.4, -0.2) is 24.9 Å². The van der Waals surface area contributed by atoms with Gasteiger partial charge in [-0.3, -0.25) is 4.79 Å². The van der Waals surface area contributed by atoms with Crippen LogP contribution >= 0.6 is 0 Å². The molecule has 1 N–H and O–H groups in total. The van der Waals surface area contributed by atoms with Gasteiger partial charge in [0.05, 0.1) is 17.2 Å². The number of benzene rings is 2. The van der Waals surface area contributed by atoms with Crippen LogP contribution in [0.15, 0.2) is 71.8 Å². The molecule has 1 heterocycles. The second kappa shape index (κ2) is 7.41. The predicted octanol–water partition coefficient (Wildman–Crippen LogP) is 3.03. The van der Waals surface area contributed by atoms with Crippen molar-refractivity contribution in [1.29, 1.82) is 0 Å². The highest BCUT2D eigenvalue weighted by Crippen LogP contribution is 2.16. The van der Waals surface area contributed by atoms with E-state index in [0.717, 1.165) is 35.4 Å². The van der Waals surface area contributed by atoms with Crippen molar-refractivity contribution in [2.24, 2.45) is 0 Å². The summed E-state index contributed by atoms with van der Waals surface area (Å²) in [4.78, 5) is 14.4. The molecule has 2 heteroatoms. The van der Waals surface area contributed by atoms with E-state index < -0.39 is 0 Å². The third-order valence-corrected chi connectivity index (χ3v) is 4.52. The van der Waals surface area contributed by atoms with Gasteiger partial charge in [0.25, 0.3) is 0 Å². The Labute approximate surface area is 144 Å². The highest BCUT2D eigenvalue weighted by atomic mass is 16.1. The van der Waals surface area contributed by atoms with E-state index in [0.29, 0.717) is 6.04 Å². The third kappa shape index (κ3) is 3.90. The molecule has 0 atom stereocenters. The van der Waals surface area contributed by atoms with Crippen molar-refractivity contribution in [2.75, 3.05) is 13.1 Å². The first kappa shape index (κ1) is 16.4. The van der Waals surface area contributed by atoms with E-state index in [1.54, 1.807) is 0 Å². The number of ketones is 1. The topological polar surface area (TPSA) is 21.5 Å². The normalized spacial score (nSPS) is 21.6. The lowest BCUT2D eigenvalue weighted by atomic mass is 9.93. The van der Waals surface area contributed by atoms with Crippen molar-refractivity contribution in [3.05, 3.63) is 82.9 Å². The van der Waals surface area contributed by atoms with Gasteiger partial charge in [-0.1, -0.05) is 60.7 Å². The summed E-state index contributed by atoms with van der Waals surface area (Å²) >= 11 is 0. The maximum atomic E-state index is 13.0. The van der Waals surface area contributed by atoms with Crippen LogP contribution < -0.4 is 4.90 Å². The quantitative estimate of drug-likeness (QED) is 0.863. The molecule has 3 rings (SSSR count). The monoisotopic (exact) mass is 318 g/mol. The highest BCUT2D eigenvalue weighted by Gasteiger charge is 2.30. The van der Waals surface area contributed by atoms with Gasteiger partial charge >= 0.3 is 0 Å². The number of rotatable bonds is 3. The largest absolute Gasteiger partial charge is 0.325 e. The van der Waals surface area contributed by atoms with Gasteiger partial charge in [-0.05, 0) is 37.1 Å². The van der Waals surface area contributed by atoms with E-state index in [1.165, 1.54) is 4.90 Å². The molecular weight excluding hydrogens is 294 g/mol. The van der Waals surface area contributed by atoms with Crippen LogP contribution in [0.4, 0.5) is 0 Å². The maximum Gasteiger partial charge on any atom is 0.196 e. The number of hydrogen-bond donors (Lipinski definition) is 1. The van der Waals surface area contributed by atoms with E-state index >= 15 is 0 Å². The molecule has 1 aliphatic rings. The van der Waals surface area contributed by atoms with E-state index in [4.69, 9.17) is 0 Å². The Bertz CT molecular complexity index is 696. The van der Waals surface area contributed by atoms with Crippen molar-refractivity contribution >= 4 is 17.9 Å². The number of quaternary nitrogens is 1. The first-order valence-corrected chi connectivity index (χ1v) is 8.54. The molecule has 122 valence electrons. The van der Waals surface area contributed by atoms with Crippen LogP contribution in [0.5, 0.6) is 0 Å². The highest BCUT2D eigenvalue weighted by molar-refractivity contribution is 6.14. The van der Waals surface area contributed by atoms with Gasteiger partial charge in [-0.2, -0.15) is 0 Å². The van der Waals surface area contributed by atoms with Crippen molar-refractivity contribution in [3.63, 3.8) is 0 Å². The lowest BCUT2D eigenvalue weighted by molar-refractivity contribution is -0.912. The second-order valence-electron chi connectivity index (χ2n) is 6.66. The lowest BCUT2D eigenvalue weighted by Crippen LogP contribution is -3.16. The number of piperidine rings is 1. The standard InChI is InChI=1S/C22H23NO/c1-17(2)23-15-20(13-18-9-5-3-6-10-18)22(24)21(16-23)14-19-11-7-4-8-12-19/h3-14,17H,15-16H2,1-2H3/p+1/b20-13-,21-14-. The SMILES string of the molecule is CC(C)[NH+]1C/C(=C/c2ccccc2)C(=O)/C(=C\c2ccccc2)C1. The smallest absolute Gasteiger partial charge is 0.196 e. The van der Waals surface area contributed by atoms with Gasteiger partial charge < -0.3 is 4.90 Å². The molecule has 0 radical (unpaired) electrons. The van der Waals surface area contributed by atoms with Crippen molar-refractivity contribution in [3.8, 4) is 0 Å². The van der Waals surface area contributed by atoms with Crippen LogP contribution in [0.25, 0.3) is 12.2 Å². The summed E-state index contributed by atoms with van der Waals surface area (Å²) in [6.07, 6.45) is 4.09. The molecule has 2 nitrogen and oxygen atoms in total. The molecule has 0 saturated carbocycles. The molecule has 2 aromatic rings. The number of nitrogens with one attached hydrogen (secondary N) is 1. The Balaban J connectivity index is 1.96. The van der Waals surface area contributed by atoms with Crippen molar-refractivity contribution in [2.45, 2.75) is 19.9 Å². The first-order chi connectivity index (χ1) is 11.6. The summed E-state index contributed by atoms with van der Waals surface area (Å²) in [6.45, 7) is 6.01. The molecule has 0 aliphatic carbocycles. The molecule has 0 spiro atoms. The van der Waals surface area contributed by atoms with Crippen molar-refractivity contribution in [1.82, 2.24) is 0 Å². The zero-order valence-electron chi connectivity index (χ0n) is 14.3. The summed E-state index contributed by atoms with van der Waals surface area (Å²) in [5, 5.41) is 0. The molecule has 1 aliphatic heterocycles. The van der Waals surface area contributed by atoms with E-state index in [-0.39, 0.29) is 5.78 Å². The van der Waals surface area contributed by atoms with Gasteiger partial charge in [0, 0.05) is 0 Å². The molecule has 0 bridgehead atoms. The Hall–Kier alpha value is -2.45. The van der Waals surface area contributed by atoms with E-state index in [9.17, 15) is 4.79 Å². The molecule has 1 saturated heterocycles. The van der Waals surface area contributed by atoms with Gasteiger partial charge in [0.2, 0.25) is 0 Å². The summed E-state index contributed by atoms with van der Waals surface area (Å²) in [5.74, 6) is 0.187.